The number of ether oxygens (including phenoxy) is 1. The maximum absolute atomic E-state index is 13.5. The largest absolute Gasteiger partial charge is 0.496 e. The summed E-state index contributed by atoms with van der Waals surface area (Å²) in [5.74, 6) is 0.252. The summed E-state index contributed by atoms with van der Waals surface area (Å²) in [6.45, 7) is 0. The molecule has 0 saturated heterocycles. The van der Waals surface area contributed by atoms with Crippen LogP contribution in [0.15, 0.2) is 30.9 Å². The van der Waals surface area contributed by atoms with Crippen LogP contribution in [-0.2, 0) is 0 Å². The molecule has 1 aromatic heterocycles. The van der Waals surface area contributed by atoms with E-state index in [1.54, 1.807) is 12.1 Å². The molecule has 0 aliphatic rings. The fourth-order valence-corrected chi connectivity index (χ4v) is 1.26. The average Bonchev–Trinajstić information content (AvgIpc) is 2.29. The molecule has 5 heteroatoms. The zero-order chi connectivity index (χ0) is 10.7. The second-order valence-electron chi connectivity index (χ2n) is 2.78. The van der Waals surface area contributed by atoms with Gasteiger partial charge in [-0.3, -0.25) is 0 Å². The Kier molecular flexibility index (Phi) is 2.53. The quantitative estimate of drug-likeness (QED) is 0.748. The highest BCUT2D eigenvalue weighted by Gasteiger charge is 2.13. The summed E-state index contributed by atoms with van der Waals surface area (Å²) in [4.78, 5) is 11.4. The zero-order valence-electron chi connectivity index (χ0n) is 8.01. The molecule has 0 bridgehead atoms. The van der Waals surface area contributed by atoms with Crippen LogP contribution in [0.4, 0.5) is 4.39 Å². The first-order valence-electron chi connectivity index (χ1n) is 4.28. The predicted octanol–water partition coefficient (Wildman–Crippen LogP) is 1.69. The SMILES string of the molecule is COc1cccc(F)c1-c1ncncn1. The van der Waals surface area contributed by atoms with Gasteiger partial charge >= 0.3 is 0 Å². The van der Waals surface area contributed by atoms with Gasteiger partial charge in [0, 0.05) is 0 Å². The molecule has 2 aromatic rings. The van der Waals surface area contributed by atoms with Crippen molar-refractivity contribution in [2.24, 2.45) is 0 Å². The van der Waals surface area contributed by atoms with Gasteiger partial charge in [0.05, 0.1) is 12.7 Å². The fourth-order valence-electron chi connectivity index (χ4n) is 1.26. The lowest BCUT2D eigenvalue weighted by Gasteiger charge is -2.06. The molecule has 0 N–H and O–H groups in total. The van der Waals surface area contributed by atoms with Crippen LogP contribution in [0, 0.1) is 5.82 Å². The van der Waals surface area contributed by atoms with Gasteiger partial charge in [-0.05, 0) is 12.1 Å². The summed E-state index contributed by atoms with van der Waals surface area (Å²) in [6, 6.07) is 4.56. The molecule has 0 amide bonds. The van der Waals surface area contributed by atoms with Gasteiger partial charge < -0.3 is 4.74 Å². The van der Waals surface area contributed by atoms with Crippen molar-refractivity contribution in [1.82, 2.24) is 15.0 Å². The number of nitrogens with zero attached hydrogens (tertiary/aromatic N) is 3. The second kappa shape index (κ2) is 4.00. The molecule has 76 valence electrons. The van der Waals surface area contributed by atoms with Crippen molar-refractivity contribution in [3.63, 3.8) is 0 Å². The number of benzene rings is 1. The predicted molar refractivity (Wildman–Crippen MR) is 51.8 cm³/mol. The van der Waals surface area contributed by atoms with Crippen LogP contribution >= 0.6 is 0 Å². The molecule has 15 heavy (non-hydrogen) atoms. The third-order valence-electron chi connectivity index (χ3n) is 1.91. The van der Waals surface area contributed by atoms with Gasteiger partial charge in [-0.2, -0.15) is 0 Å². The van der Waals surface area contributed by atoms with E-state index < -0.39 is 5.82 Å². The molecule has 0 radical (unpaired) electrons. The first-order chi connectivity index (χ1) is 7.33. The standard InChI is InChI=1S/C10H8FN3O/c1-15-8-4-2-3-7(11)9(8)10-13-5-12-6-14-10/h2-6H,1H3. The highest BCUT2D eigenvalue weighted by Crippen LogP contribution is 2.29. The van der Waals surface area contributed by atoms with Gasteiger partial charge in [0.25, 0.3) is 0 Å². The Morgan fingerprint density at radius 3 is 2.60 bits per heavy atom. The van der Waals surface area contributed by atoms with Crippen LogP contribution in [0.2, 0.25) is 0 Å². The van der Waals surface area contributed by atoms with E-state index in [4.69, 9.17) is 4.74 Å². The third-order valence-corrected chi connectivity index (χ3v) is 1.91. The Morgan fingerprint density at radius 2 is 1.93 bits per heavy atom. The number of aromatic nitrogens is 3. The minimum atomic E-state index is -0.416. The lowest BCUT2D eigenvalue weighted by atomic mass is 10.2. The van der Waals surface area contributed by atoms with E-state index >= 15 is 0 Å². The summed E-state index contributed by atoms with van der Waals surface area (Å²) in [6.07, 6.45) is 2.63. The molecular weight excluding hydrogens is 197 g/mol. The summed E-state index contributed by atoms with van der Waals surface area (Å²) in [7, 11) is 1.47. The molecule has 0 aliphatic carbocycles. The van der Waals surface area contributed by atoms with Gasteiger partial charge in [0.2, 0.25) is 0 Å². The molecule has 0 unspecified atom stereocenters. The highest BCUT2D eigenvalue weighted by atomic mass is 19.1. The maximum Gasteiger partial charge on any atom is 0.169 e. The Labute approximate surface area is 85.8 Å². The lowest BCUT2D eigenvalue weighted by molar-refractivity contribution is 0.413. The molecule has 1 aromatic carbocycles. The van der Waals surface area contributed by atoms with Gasteiger partial charge in [0.1, 0.15) is 24.2 Å². The Bertz CT molecular complexity index is 461. The number of methoxy groups -OCH3 is 1. The van der Waals surface area contributed by atoms with Gasteiger partial charge in [0.15, 0.2) is 5.82 Å². The molecule has 0 saturated carbocycles. The van der Waals surface area contributed by atoms with Crippen LogP contribution in [0.5, 0.6) is 5.75 Å². The summed E-state index contributed by atoms with van der Waals surface area (Å²) < 4.78 is 18.6. The van der Waals surface area contributed by atoms with E-state index in [1.807, 2.05) is 0 Å². The minimum Gasteiger partial charge on any atom is -0.496 e. The van der Waals surface area contributed by atoms with Crippen LogP contribution in [0.1, 0.15) is 0 Å². The molecule has 0 atom stereocenters. The van der Waals surface area contributed by atoms with E-state index in [1.165, 1.54) is 25.8 Å². The monoisotopic (exact) mass is 205 g/mol. The van der Waals surface area contributed by atoms with E-state index in [-0.39, 0.29) is 11.4 Å². The van der Waals surface area contributed by atoms with E-state index in [9.17, 15) is 4.39 Å². The molecule has 0 spiro atoms. The number of hydrogen-bond donors (Lipinski definition) is 0. The molecule has 0 aliphatic heterocycles. The Hall–Kier alpha value is -2.04. The number of hydrogen-bond acceptors (Lipinski definition) is 4. The Balaban J connectivity index is 2.61. The molecule has 2 rings (SSSR count). The van der Waals surface area contributed by atoms with Crippen molar-refractivity contribution in [3.05, 3.63) is 36.7 Å². The van der Waals surface area contributed by atoms with Gasteiger partial charge in [-0.15, -0.1) is 0 Å². The highest BCUT2D eigenvalue weighted by molar-refractivity contribution is 5.64. The van der Waals surface area contributed by atoms with Crippen molar-refractivity contribution < 1.29 is 9.13 Å². The zero-order valence-corrected chi connectivity index (χ0v) is 8.01. The van der Waals surface area contributed by atoms with Crippen molar-refractivity contribution in [2.75, 3.05) is 7.11 Å². The maximum atomic E-state index is 13.5. The van der Waals surface area contributed by atoms with Crippen molar-refractivity contribution in [1.29, 1.82) is 0 Å². The summed E-state index contributed by atoms with van der Waals surface area (Å²) >= 11 is 0. The average molecular weight is 205 g/mol. The number of rotatable bonds is 2. The van der Waals surface area contributed by atoms with Gasteiger partial charge in [-0.1, -0.05) is 6.07 Å². The summed E-state index contributed by atoms with van der Waals surface area (Å²) in [5, 5.41) is 0. The van der Waals surface area contributed by atoms with Crippen molar-refractivity contribution >= 4 is 0 Å². The lowest BCUT2D eigenvalue weighted by Crippen LogP contribution is -1.96. The Morgan fingerprint density at radius 1 is 1.20 bits per heavy atom. The van der Waals surface area contributed by atoms with Crippen LogP contribution in [0.3, 0.4) is 0 Å². The number of halogens is 1. The van der Waals surface area contributed by atoms with Crippen LogP contribution in [0.25, 0.3) is 11.4 Å². The molecule has 4 nitrogen and oxygen atoms in total. The van der Waals surface area contributed by atoms with E-state index in [0.29, 0.717) is 5.75 Å². The molecular formula is C10H8FN3O. The van der Waals surface area contributed by atoms with Crippen LogP contribution in [-0.4, -0.2) is 22.1 Å². The second-order valence-corrected chi connectivity index (χ2v) is 2.78. The topological polar surface area (TPSA) is 47.9 Å². The molecule has 0 fully saturated rings. The normalized spacial score (nSPS) is 10.0. The third kappa shape index (κ3) is 1.76. The van der Waals surface area contributed by atoms with E-state index in [0.717, 1.165) is 0 Å². The first-order valence-corrected chi connectivity index (χ1v) is 4.28. The van der Waals surface area contributed by atoms with Gasteiger partial charge in [-0.25, -0.2) is 19.3 Å². The van der Waals surface area contributed by atoms with Crippen molar-refractivity contribution in [3.8, 4) is 17.1 Å². The minimum absolute atomic E-state index is 0.252. The fraction of sp³-hybridized carbons (Fsp3) is 0.100. The van der Waals surface area contributed by atoms with E-state index in [2.05, 4.69) is 15.0 Å². The molecule has 1 heterocycles. The first kappa shape index (κ1) is 9.51. The smallest absolute Gasteiger partial charge is 0.169 e. The van der Waals surface area contributed by atoms with Crippen molar-refractivity contribution in [2.45, 2.75) is 0 Å². The van der Waals surface area contributed by atoms with Crippen LogP contribution < -0.4 is 4.74 Å². The summed E-state index contributed by atoms with van der Waals surface area (Å²) in [5.41, 5.74) is 0.252.